The maximum absolute atomic E-state index is 11.6. The highest BCUT2D eigenvalue weighted by Gasteiger charge is 2.37. The van der Waals surface area contributed by atoms with Gasteiger partial charge in [0, 0.05) is 23.6 Å². The van der Waals surface area contributed by atoms with Crippen LogP contribution in [0.3, 0.4) is 0 Å². The van der Waals surface area contributed by atoms with Crippen LogP contribution in [0.5, 0.6) is 0 Å². The van der Waals surface area contributed by atoms with Gasteiger partial charge in [-0.15, -0.1) is 0 Å². The van der Waals surface area contributed by atoms with Crippen LogP contribution in [-0.2, 0) is 10.3 Å². The van der Waals surface area contributed by atoms with Crippen molar-refractivity contribution >= 4 is 17.5 Å². The average molecular weight is 243 g/mol. The number of benzene rings is 1. The molecule has 0 bridgehead atoms. The molecule has 1 aliphatic carbocycles. The summed E-state index contributed by atoms with van der Waals surface area (Å²) in [5.74, 6) is 6.76. The summed E-state index contributed by atoms with van der Waals surface area (Å²) in [6.45, 7) is 1.83. The molecule has 2 aliphatic rings. The van der Waals surface area contributed by atoms with Crippen LogP contribution in [0, 0.1) is 17.8 Å². The summed E-state index contributed by atoms with van der Waals surface area (Å²) in [5.41, 5.74) is 5.55. The molecule has 0 aromatic heterocycles. The maximum Gasteiger partial charge on any atom is 0.413 e. The Labute approximate surface area is 106 Å². The Hall–Kier alpha value is -1.99. The van der Waals surface area contributed by atoms with E-state index in [1.165, 1.54) is 0 Å². The molecule has 0 radical (unpaired) electrons. The SMILES string of the molecule is CC1(C#CC2CC2)OC(=O)Nc2ccc([NH3+])cc21. The van der Waals surface area contributed by atoms with Crippen molar-refractivity contribution in [1.82, 2.24) is 0 Å². The van der Waals surface area contributed by atoms with E-state index in [0.717, 1.165) is 29.8 Å². The summed E-state index contributed by atoms with van der Waals surface area (Å²) in [6.07, 6.45) is 1.85. The van der Waals surface area contributed by atoms with Gasteiger partial charge in [0.1, 0.15) is 5.69 Å². The summed E-state index contributed by atoms with van der Waals surface area (Å²) in [6, 6.07) is 5.62. The number of hydrogen-bond acceptors (Lipinski definition) is 2. The van der Waals surface area contributed by atoms with Crippen LogP contribution < -0.4 is 11.1 Å². The number of carbonyl (C=O) groups is 1. The quantitative estimate of drug-likeness (QED) is 0.682. The third kappa shape index (κ3) is 1.93. The summed E-state index contributed by atoms with van der Waals surface area (Å²) in [5, 5.41) is 2.69. The molecule has 0 spiro atoms. The molecule has 3 rings (SSSR count). The molecule has 1 aliphatic heterocycles. The average Bonchev–Trinajstić information content (AvgIpc) is 3.12. The van der Waals surface area contributed by atoms with Crippen molar-refractivity contribution in [3.8, 4) is 11.8 Å². The molecule has 1 heterocycles. The van der Waals surface area contributed by atoms with Crippen molar-refractivity contribution < 1.29 is 15.3 Å². The molecule has 4 N–H and O–H groups in total. The molecule has 4 nitrogen and oxygen atoms in total. The van der Waals surface area contributed by atoms with E-state index in [9.17, 15) is 4.79 Å². The number of ether oxygens (including phenoxy) is 1. The smallest absolute Gasteiger partial charge is 0.413 e. The van der Waals surface area contributed by atoms with Crippen LogP contribution in [-0.4, -0.2) is 6.09 Å². The third-order valence-corrected chi connectivity index (χ3v) is 3.22. The molecule has 1 atom stereocenters. The van der Waals surface area contributed by atoms with Crippen molar-refractivity contribution in [2.45, 2.75) is 25.4 Å². The van der Waals surface area contributed by atoms with E-state index in [2.05, 4.69) is 22.9 Å². The van der Waals surface area contributed by atoms with Crippen molar-refractivity contribution in [3.05, 3.63) is 23.8 Å². The summed E-state index contributed by atoms with van der Waals surface area (Å²) in [4.78, 5) is 11.6. The van der Waals surface area contributed by atoms with Gasteiger partial charge in [0.25, 0.3) is 0 Å². The predicted molar refractivity (Wildman–Crippen MR) is 66.9 cm³/mol. The fourth-order valence-electron chi connectivity index (χ4n) is 2.03. The van der Waals surface area contributed by atoms with Gasteiger partial charge in [0.15, 0.2) is 5.60 Å². The zero-order chi connectivity index (χ0) is 12.8. The van der Waals surface area contributed by atoms with Gasteiger partial charge in [-0.1, -0.05) is 11.8 Å². The molecule has 1 aromatic rings. The molecule has 1 fully saturated rings. The Kier molecular flexibility index (Phi) is 2.32. The lowest BCUT2D eigenvalue weighted by atomic mass is 9.92. The van der Waals surface area contributed by atoms with E-state index in [1.807, 2.05) is 25.1 Å². The highest BCUT2D eigenvalue weighted by Crippen LogP contribution is 2.37. The Balaban J connectivity index is 2.07. The first-order chi connectivity index (χ1) is 8.57. The van der Waals surface area contributed by atoms with E-state index in [4.69, 9.17) is 4.74 Å². The van der Waals surface area contributed by atoms with Gasteiger partial charge < -0.3 is 10.5 Å². The molecule has 1 unspecified atom stereocenters. The Bertz CT molecular complexity index is 581. The van der Waals surface area contributed by atoms with Crippen molar-refractivity contribution in [2.75, 3.05) is 5.32 Å². The monoisotopic (exact) mass is 243 g/mol. The molecule has 18 heavy (non-hydrogen) atoms. The third-order valence-electron chi connectivity index (χ3n) is 3.22. The van der Waals surface area contributed by atoms with Gasteiger partial charge in [-0.25, -0.2) is 4.79 Å². The van der Waals surface area contributed by atoms with Gasteiger partial charge >= 0.3 is 6.09 Å². The number of hydrogen-bond donors (Lipinski definition) is 2. The summed E-state index contributed by atoms with van der Waals surface area (Å²) >= 11 is 0. The van der Waals surface area contributed by atoms with Crippen molar-refractivity contribution in [3.63, 3.8) is 0 Å². The Morgan fingerprint density at radius 1 is 1.50 bits per heavy atom. The zero-order valence-electron chi connectivity index (χ0n) is 10.2. The van der Waals surface area contributed by atoms with Crippen LogP contribution in [0.2, 0.25) is 0 Å². The number of carbonyl (C=O) groups excluding carboxylic acids is 1. The van der Waals surface area contributed by atoms with Crippen molar-refractivity contribution in [2.24, 2.45) is 5.92 Å². The second-order valence-electron chi connectivity index (χ2n) is 4.97. The zero-order valence-corrected chi connectivity index (χ0v) is 10.2. The number of amides is 1. The molecule has 1 saturated carbocycles. The minimum absolute atomic E-state index is 0.452. The largest absolute Gasteiger partial charge is 0.425 e. The van der Waals surface area contributed by atoms with Gasteiger partial charge in [-0.05, 0) is 25.8 Å². The van der Waals surface area contributed by atoms with Gasteiger partial charge in [0.05, 0.1) is 5.69 Å². The second-order valence-corrected chi connectivity index (χ2v) is 4.97. The molecular weight excluding hydrogens is 228 g/mol. The van der Waals surface area contributed by atoms with E-state index in [0.29, 0.717) is 5.92 Å². The van der Waals surface area contributed by atoms with Crippen LogP contribution >= 0.6 is 0 Å². The van der Waals surface area contributed by atoms with Crippen molar-refractivity contribution in [1.29, 1.82) is 0 Å². The molecule has 1 amide bonds. The van der Waals surface area contributed by atoms with E-state index >= 15 is 0 Å². The topological polar surface area (TPSA) is 66.0 Å². The first-order valence-corrected chi connectivity index (χ1v) is 6.06. The van der Waals surface area contributed by atoms with Gasteiger partial charge in [0.2, 0.25) is 0 Å². The van der Waals surface area contributed by atoms with E-state index < -0.39 is 11.7 Å². The lowest BCUT2D eigenvalue weighted by molar-refractivity contribution is -0.254. The van der Waals surface area contributed by atoms with E-state index in [1.54, 1.807) is 0 Å². The predicted octanol–water partition coefficient (Wildman–Crippen LogP) is 1.75. The number of quaternary nitrogens is 1. The highest BCUT2D eigenvalue weighted by atomic mass is 16.6. The molecule has 92 valence electrons. The number of fused-ring (bicyclic) bond motifs is 1. The fourth-order valence-corrected chi connectivity index (χ4v) is 2.03. The van der Waals surface area contributed by atoms with E-state index in [-0.39, 0.29) is 0 Å². The first-order valence-electron chi connectivity index (χ1n) is 6.06. The molecular formula is C14H15N2O2+. The normalized spacial score (nSPS) is 25.3. The van der Waals surface area contributed by atoms with Gasteiger partial charge in [-0.3, -0.25) is 5.32 Å². The standard InChI is InChI=1S/C14H14N2O2/c1-14(7-6-9-2-3-9)11-8-10(15)4-5-12(11)16-13(17)18-14/h4-5,8-9H,2-3,15H2,1H3,(H,16,17)/p+1. The Morgan fingerprint density at radius 3 is 3.00 bits per heavy atom. The summed E-state index contributed by atoms with van der Waals surface area (Å²) < 4.78 is 5.38. The lowest BCUT2D eigenvalue weighted by Crippen LogP contribution is -2.42. The van der Waals surface area contributed by atoms with Crippen LogP contribution in [0.25, 0.3) is 0 Å². The minimum Gasteiger partial charge on any atom is -0.425 e. The van der Waals surface area contributed by atoms with Gasteiger partial charge in [-0.2, -0.15) is 0 Å². The van der Waals surface area contributed by atoms with Crippen LogP contribution in [0.4, 0.5) is 16.2 Å². The number of anilines is 1. The maximum atomic E-state index is 11.6. The highest BCUT2D eigenvalue weighted by molar-refractivity contribution is 5.89. The number of cyclic esters (lactones) is 1. The molecule has 4 heteroatoms. The summed E-state index contributed by atoms with van der Waals surface area (Å²) in [7, 11) is 0. The van der Waals surface area contributed by atoms with Crippen LogP contribution in [0.15, 0.2) is 18.2 Å². The molecule has 0 saturated heterocycles. The number of rotatable bonds is 0. The van der Waals surface area contributed by atoms with Crippen LogP contribution in [0.1, 0.15) is 25.3 Å². The fraction of sp³-hybridized carbons (Fsp3) is 0.357. The minimum atomic E-state index is -0.867. The second kappa shape index (κ2) is 3.76. The lowest BCUT2D eigenvalue weighted by Gasteiger charge is -2.31. The molecule has 1 aromatic carbocycles. The Morgan fingerprint density at radius 2 is 2.28 bits per heavy atom. The first kappa shape index (κ1) is 11.1. The number of nitrogens with one attached hydrogen (secondary N) is 1.